The molecule has 1 saturated carbocycles. The van der Waals surface area contributed by atoms with Gasteiger partial charge >= 0.3 is 5.97 Å². The maximum Gasteiger partial charge on any atom is 0.305 e. The van der Waals surface area contributed by atoms with Gasteiger partial charge in [-0.25, -0.2) is 0 Å². The second-order valence-corrected chi connectivity index (χ2v) is 7.36. The highest BCUT2D eigenvalue weighted by Gasteiger charge is 2.45. The van der Waals surface area contributed by atoms with E-state index in [1.165, 1.54) is 19.3 Å². The summed E-state index contributed by atoms with van der Waals surface area (Å²) >= 11 is 0. The van der Waals surface area contributed by atoms with Crippen molar-refractivity contribution in [3.05, 3.63) is 0 Å². The van der Waals surface area contributed by atoms with Gasteiger partial charge in [0.1, 0.15) is 37.1 Å². The van der Waals surface area contributed by atoms with Crippen LogP contribution in [0.15, 0.2) is 0 Å². The van der Waals surface area contributed by atoms with Crippen LogP contribution in [-0.2, 0) is 19.0 Å². The molecule has 1 heterocycles. The Hall–Kier alpha value is -0.810. The molecule has 1 aliphatic heterocycles. The third-order valence-electron chi connectivity index (χ3n) is 5.29. The molecule has 2 aliphatic rings. The first-order chi connectivity index (χ1) is 13.0. The Bertz CT molecular complexity index is 437. The van der Waals surface area contributed by atoms with Gasteiger partial charge in [0.2, 0.25) is 0 Å². The summed E-state index contributed by atoms with van der Waals surface area (Å²) in [6.45, 7) is -1.32. The normalized spacial score (nSPS) is 32.6. The molecule has 1 saturated heterocycles. The van der Waals surface area contributed by atoms with Crippen LogP contribution in [0, 0.1) is 5.92 Å². The largest absolute Gasteiger partial charge is 0.463 e. The Morgan fingerprint density at radius 3 is 2.30 bits per heavy atom. The summed E-state index contributed by atoms with van der Waals surface area (Å²) in [5.41, 5.74) is 0. The number of hydrogen-bond donors (Lipinski definition) is 5. The van der Waals surface area contributed by atoms with E-state index in [-0.39, 0.29) is 13.0 Å². The molecule has 0 aromatic heterocycles. The summed E-state index contributed by atoms with van der Waals surface area (Å²) in [5.74, 6) is 0.143. The molecule has 0 aromatic rings. The fourth-order valence-electron chi connectivity index (χ4n) is 3.55. The van der Waals surface area contributed by atoms with Crippen LogP contribution in [0.2, 0.25) is 0 Å². The van der Waals surface area contributed by atoms with Crippen molar-refractivity contribution in [1.29, 1.82) is 0 Å². The van der Waals surface area contributed by atoms with Crippen molar-refractivity contribution >= 4 is 5.97 Å². The number of aliphatic hydroxyl groups excluding tert-OH is 5. The molecule has 5 N–H and O–H groups in total. The lowest BCUT2D eigenvalue weighted by Crippen LogP contribution is -2.60. The van der Waals surface area contributed by atoms with E-state index >= 15 is 0 Å². The first kappa shape index (κ1) is 22.5. The standard InChI is InChI=1S/C18H32O9/c19-8-12(9-20)26-18-17(24)16(23)15(22)13(27-18)10-25-14(21)7-6-11-4-2-1-3-5-11/h11-13,15-20,22-24H,1-10H2/t13-,15+,16+,17-,18-/m1/s1. The molecule has 0 unspecified atom stereocenters. The number of carbonyl (C=O) groups excluding carboxylic acids is 1. The molecule has 1 aliphatic carbocycles. The van der Waals surface area contributed by atoms with E-state index in [1.54, 1.807) is 0 Å². The van der Waals surface area contributed by atoms with E-state index in [0.29, 0.717) is 5.92 Å². The van der Waals surface area contributed by atoms with E-state index in [1.807, 2.05) is 0 Å². The SMILES string of the molecule is O=C(CCC1CCCCC1)OC[C@H]1O[C@@H](OC(CO)CO)[C@H](O)[C@@H](O)[C@H]1O. The average Bonchev–Trinajstić information content (AvgIpc) is 2.70. The Balaban J connectivity index is 1.79. The Morgan fingerprint density at radius 1 is 1.00 bits per heavy atom. The molecule has 0 radical (unpaired) electrons. The van der Waals surface area contributed by atoms with Crippen LogP contribution < -0.4 is 0 Å². The van der Waals surface area contributed by atoms with Gasteiger partial charge in [-0.3, -0.25) is 4.79 Å². The summed E-state index contributed by atoms with van der Waals surface area (Å²) in [4.78, 5) is 12.0. The van der Waals surface area contributed by atoms with Crippen LogP contribution in [0.1, 0.15) is 44.9 Å². The van der Waals surface area contributed by atoms with Gasteiger partial charge in [0.15, 0.2) is 6.29 Å². The zero-order valence-corrected chi connectivity index (χ0v) is 15.5. The summed E-state index contributed by atoms with van der Waals surface area (Å²) in [7, 11) is 0. The van der Waals surface area contributed by atoms with Gasteiger partial charge in [-0.1, -0.05) is 32.1 Å². The minimum atomic E-state index is -1.58. The molecule has 0 aromatic carbocycles. The first-order valence-electron chi connectivity index (χ1n) is 9.68. The third kappa shape index (κ3) is 6.63. The third-order valence-corrected chi connectivity index (χ3v) is 5.29. The lowest BCUT2D eigenvalue weighted by Gasteiger charge is -2.40. The van der Waals surface area contributed by atoms with Crippen LogP contribution in [0.4, 0.5) is 0 Å². The predicted molar refractivity (Wildman–Crippen MR) is 92.5 cm³/mol. The molecule has 9 nitrogen and oxygen atoms in total. The lowest BCUT2D eigenvalue weighted by molar-refractivity contribution is -0.315. The number of aliphatic hydroxyl groups is 5. The van der Waals surface area contributed by atoms with E-state index in [2.05, 4.69) is 0 Å². The molecule has 2 fully saturated rings. The summed E-state index contributed by atoms with van der Waals surface area (Å²) in [5, 5.41) is 48.1. The summed E-state index contributed by atoms with van der Waals surface area (Å²) in [6, 6.07) is 0. The van der Waals surface area contributed by atoms with Gasteiger partial charge in [0.25, 0.3) is 0 Å². The molecule has 0 spiro atoms. The number of ether oxygens (including phenoxy) is 3. The highest BCUT2D eigenvalue weighted by molar-refractivity contribution is 5.69. The number of esters is 1. The van der Waals surface area contributed by atoms with Crippen LogP contribution in [-0.4, -0.2) is 88.1 Å². The smallest absolute Gasteiger partial charge is 0.305 e. The lowest BCUT2D eigenvalue weighted by atomic mass is 9.86. The summed E-state index contributed by atoms with van der Waals surface area (Å²) < 4.78 is 15.7. The minimum Gasteiger partial charge on any atom is -0.463 e. The van der Waals surface area contributed by atoms with Crippen LogP contribution in [0.3, 0.4) is 0 Å². The molecule has 5 atom stereocenters. The van der Waals surface area contributed by atoms with Crippen LogP contribution >= 0.6 is 0 Å². The van der Waals surface area contributed by atoms with Gasteiger partial charge in [-0.15, -0.1) is 0 Å². The van der Waals surface area contributed by atoms with Gasteiger partial charge in [0, 0.05) is 6.42 Å². The maximum atomic E-state index is 12.0. The second-order valence-electron chi connectivity index (χ2n) is 7.36. The van der Waals surface area contributed by atoms with Crippen LogP contribution in [0.25, 0.3) is 0 Å². The highest BCUT2D eigenvalue weighted by atomic mass is 16.7. The maximum absolute atomic E-state index is 12.0. The Morgan fingerprint density at radius 2 is 1.67 bits per heavy atom. The summed E-state index contributed by atoms with van der Waals surface area (Å²) in [6.07, 6.45) is -1.10. The second kappa shape index (κ2) is 11.3. The Kier molecular flexibility index (Phi) is 9.37. The monoisotopic (exact) mass is 392 g/mol. The molecule has 0 bridgehead atoms. The Labute approximate surface area is 158 Å². The van der Waals surface area contributed by atoms with Crippen molar-refractivity contribution in [3.8, 4) is 0 Å². The highest BCUT2D eigenvalue weighted by Crippen LogP contribution is 2.27. The van der Waals surface area contributed by atoms with Crippen LogP contribution in [0.5, 0.6) is 0 Å². The molecule has 27 heavy (non-hydrogen) atoms. The molecular formula is C18H32O9. The molecule has 158 valence electrons. The fourth-order valence-corrected chi connectivity index (χ4v) is 3.55. The zero-order valence-electron chi connectivity index (χ0n) is 15.5. The predicted octanol–water partition coefficient (Wildman–Crippen LogP) is -0.932. The molecular weight excluding hydrogens is 360 g/mol. The zero-order chi connectivity index (χ0) is 19.8. The van der Waals surface area contributed by atoms with E-state index < -0.39 is 56.0 Å². The van der Waals surface area contributed by atoms with Crippen molar-refractivity contribution in [3.63, 3.8) is 0 Å². The van der Waals surface area contributed by atoms with Crippen molar-refractivity contribution < 1.29 is 44.5 Å². The van der Waals surface area contributed by atoms with Gasteiger partial charge in [-0.2, -0.15) is 0 Å². The number of carbonyl (C=O) groups is 1. The number of rotatable bonds is 9. The molecule has 9 heteroatoms. The van der Waals surface area contributed by atoms with E-state index in [0.717, 1.165) is 19.3 Å². The number of hydrogen-bond acceptors (Lipinski definition) is 9. The molecule has 2 rings (SSSR count). The average molecular weight is 392 g/mol. The van der Waals surface area contributed by atoms with Gasteiger partial charge < -0.3 is 39.7 Å². The van der Waals surface area contributed by atoms with Crippen molar-refractivity contribution in [2.75, 3.05) is 19.8 Å². The first-order valence-corrected chi connectivity index (χ1v) is 9.68. The van der Waals surface area contributed by atoms with Gasteiger partial charge in [-0.05, 0) is 12.3 Å². The van der Waals surface area contributed by atoms with Crippen molar-refractivity contribution in [2.45, 2.75) is 81.8 Å². The minimum absolute atomic E-state index is 0.287. The fraction of sp³-hybridized carbons (Fsp3) is 0.944. The quantitative estimate of drug-likeness (QED) is 0.314. The van der Waals surface area contributed by atoms with E-state index in [4.69, 9.17) is 24.4 Å². The van der Waals surface area contributed by atoms with Crippen molar-refractivity contribution in [1.82, 2.24) is 0 Å². The van der Waals surface area contributed by atoms with Gasteiger partial charge in [0.05, 0.1) is 13.2 Å². The van der Waals surface area contributed by atoms with Crippen molar-refractivity contribution in [2.24, 2.45) is 5.92 Å². The topological polar surface area (TPSA) is 146 Å². The van der Waals surface area contributed by atoms with E-state index in [9.17, 15) is 20.1 Å². The molecule has 0 amide bonds.